The first kappa shape index (κ1) is 13.5. The van der Waals surface area contributed by atoms with Gasteiger partial charge in [0, 0.05) is 18.3 Å². The highest BCUT2D eigenvalue weighted by Gasteiger charge is 2.42. The van der Waals surface area contributed by atoms with Crippen molar-refractivity contribution in [2.24, 2.45) is 5.73 Å². The molecule has 0 radical (unpaired) electrons. The van der Waals surface area contributed by atoms with E-state index in [9.17, 15) is 19.2 Å². The van der Waals surface area contributed by atoms with Gasteiger partial charge in [-0.05, 0) is 17.7 Å². The zero-order chi connectivity index (χ0) is 15.0. The van der Waals surface area contributed by atoms with E-state index in [4.69, 9.17) is 11.5 Å². The number of anilines is 1. The van der Waals surface area contributed by atoms with Crippen LogP contribution < -0.4 is 11.5 Å². The minimum atomic E-state index is -0.907. The zero-order valence-corrected chi connectivity index (χ0v) is 10.6. The second-order valence-electron chi connectivity index (χ2n) is 4.32. The number of amides is 5. The maximum absolute atomic E-state index is 11.7. The fourth-order valence-electron chi connectivity index (χ4n) is 1.82. The Morgan fingerprint density at radius 1 is 1.20 bits per heavy atom. The van der Waals surface area contributed by atoms with E-state index in [1.54, 1.807) is 0 Å². The Hall–Kier alpha value is -2.90. The van der Waals surface area contributed by atoms with E-state index >= 15 is 0 Å². The van der Waals surface area contributed by atoms with Crippen LogP contribution in [-0.2, 0) is 16.1 Å². The van der Waals surface area contributed by atoms with Crippen LogP contribution in [0.1, 0.15) is 15.9 Å². The van der Waals surface area contributed by atoms with Crippen LogP contribution in [0.3, 0.4) is 0 Å². The van der Waals surface area contributed by atoms with Crippen LogP contribution in [0, 0.1) is 0 Å². The first-order valence-corrected chi connectivity index (χ1v) is 5.64. The monoisotopic (exact) mass is 276 g/mol. The normalized spacial score (nSPS) is 15.2. The standard InChI is InChI=1S/C12H12N4O4/c1-15-10(18)11(19)16(12(15)20)5-7-3-2-6(9(14)17)4-8(7)13/h2-4H,5,13H2,1H3,(H2,14,17). The lowest BCUT2D eigenvalue weighted by molar-refractivity contribution is -0.143. The average molecular weight is 276 g/mol. The molecule has 1 aromatic rings. The van der Waals surface area contributed by atoms with Gasteiger partial charge < -0.3 is 11.5 Å². The van der Waals surface area contributed by atoms with Gasteiger partial charge in [0.15, 0.2) is 0 Å². The van der Waals surface area contributed by atoms with Gasteiger partial charge in [-0.25, -0.2) is 4.79 Å². The number of likely N-dealkylation sites (N-methyl/N-ethyl adjacent to an activating group) is 1. The van der Waals surface area contributed by atoms with Gasteiger partial charge in [0.2, 0.25) is 5.91 Å². The number of rotatable bonds is 3. The number of carbonyl (C=O) groups is 4. The van der Waals surface area contributed by atoms with Crippen molar-refractivity contribution in [2.45, 2.75) is 6.54 Å². The molecule has 1 heterocycles. The topological polar surface area (TPSA) is 127 Å². The predicted molar refractivity (Wildman–Crippen MR) is 68.1 cm³/mol. The van der Waals surface area contributed by atoms with Crippen molar-refractivity contribution in [3.63, 3.8) is 0 Å². The van der Waals surface area contributed by atoms with Crippen LogP contribution in [0.25, 0.3) is 0 Å². The molecule has 0 aromatic heterocycles. The van der Waals surface area contributed by atoms with Crippen LogP contribution in [0.5, 0.6) is 0 Å². The first-order chi connectivity index (χ1) is 9.32. The molecule has 104 valence electrons. The molecule has 5 amide bonds. The summed E-state index contributed by atoms with van der Waals surface area (Å²) in [6.07, 6.45) is 0. The van der Waals surface area contributed by atoms with Crippen LogP contribution in [0.15, 0.2) is 18.2 Å². The number of hydrogen-bond donors (Lipinski definition) is 2. The van der Waals surface area contributed by atoms with Crippen molar-refractivity contribution in [2.75, 3.05) is 12.8 Å². The van der Waals surface area contributed by atoms with E-state index < -0.39 is 23.8 Å². The molecule has 4 N–H and O–H groups in total. The number of imide groups is 2. The number of nitrogen functional groups attached to an aromatic ring is 1. The molecule has 0 bridgehead atoms. The van der Waals surface area contributed by atoms with E-state index in [1.807, 2.05) is 0 Å². The maximum atomic E-state index is 11.7. The Morgan fingerprint density at radius 2 is 1.85 bits per heavy atom. The zero-order valence-electron chi connectivity index (χ0n) is 10.6. The summed E-state index contributed by atoms with van der Waals surface area (Å²) in [6.45, 7) is -0.140. The van der Waals surface area contributed by atoms with E-state index in [-0.39, 0.29) is 17.8 Å². The lowest BCUT2D eigenvalue weighted by Gasteiger charge is -2.14. The van der Waals surface area contributed by atoms with Crippen molar-refractivity contribution in [3.8, 4) is 0 Å². The van der Waals surface area contributed by atoms with E-state index in [0.29, 0.717) is 5.56 Å². The molecule has 0 atom stereocenters. The van der Waals surface area contributed by atoms with Crippen molar-refractivity contribution >= 4 is 29.4 Å². The molecular formula is C12H12N4O4. The van der Waals surface area contributed by atoms with Crippen LogP contribution in [-0.4, -0.2) is 40.6 Å². The minimum Gasteiger partial charge on any atom is -0.398 e. The summed E-state index contributed by atoms with van der Waals surface area (Å²) in [5, 5.41) is 0. The summed E-state index contributed by atoms with van der Waals surface area (Å²) in [7, 11) is 1.22. The largest absolute Gasteiger partial charge is 0.398 e. The van der Waals surface area contributed by atoms with Crippen LogP contribution >= 0.6 is 0 Å². The third kappa shape index (κ3) is 2.07. The summed E-state index contributed by atoms with van der Waals surface area (Å²) in [5.74, 6) is -2.43. The highest BCUT2D eigenvalue weighted by Crippen LogP contribution is 2.20. The molecule has 0 spiro atoms. The molecule has 0 unspecified atom stereocenters. The molecule has 8 nitrogen and oxygen atoms in total. The maximum Gasteiger partial charge on any atom is 0.334 e. The fraction of sp³-hybridized carbons (Fsp3) is 0.167. The number of primary amides is 1. The summed E-state index contributed by atoms with van der Waals surface area (Å²) in [4.78, 5) is 47.2. The quantitative estimate of drug-likeness (QED) is 0.428. The van der Waals surface area contributed by atoms with Gasteiger partial charge >= 0.3 is 17.8 Å². The molecule has 2 rings (SSSR count). The number of nitrogens with zero attached hydrogens (tertiary/aromatic N) is 2. The van der Waals surface area contributed by atoms with Gasteiger partial charge in [0.05, 0.1) is 6.54 Å². The summed E-state index contributed by atoms with van der Waals surface area (Å²) in [5.41, 5.74) is 11.7. The van der Waals surface area contributed by atoms with Gasteiger partial charge in [-0.1, -0.05) is 6.07 Å². The van der Waals surface area contributed by atoms with Gasteiger partial charge in [-0.3, -0.25) is 24.2 Å². The van der Waals surface area contributed by atoms with E-state index in [2.05, 4.69) is 0 Å². The molecule has 0 saturated carbocycles. The lowest BCUT2D eigenvalue weighted by atomic mass is 10.1. The Balaban J connectivity index is 2.27. The molecule has 0 aliphatic carbocycles. The van der Waals surface area contributed by atoms with Gasteiger partial charge in [0.1, 0.15) is 0 Å². The summed E-state index contributed by atoms with van der Waals surface area (Å²) < 4.78 is 0. The molecular weight excluding hydrogens is 264 g/mol. The highest BCUT2D eigenvalue weighted by atomic mass is 16.2. The fourth-order valence-corrected chi connectivity index (χ4v) is 1.82. The van der Waals surface area contributed by atoms with Crippen molar-refractivity contribution in [3.05, 3.63) is 29.3 Å². The number of urea groups is 1. The Labute approximate surface area is 113 Å². The SMILES string of the molecule is CN1C(=O)C(=O)N(Cc2ccc(C(N)=O)cc2N)C1=O. The van der Waals surface area contributed by atoms with Crippen LogP contribution in [0.2, 0.25) is 0 Å². The molecule has 8 heteroatoms. The number of nitrogens with two attached hydrogens (primary N) is 2. The van der Waals surface area contributed by atoms with Crippen molar-refractivity contribution in [1.82, 2.24) is 9.80 Å². The minimum absolute atomic E-state index is 0.140. The van der Waals surface area contributed by atoms with E-state index in [0.717, 1.165) is 9.80 Å². The smallest absolute Gasteiger partial charge is 0.334 e. The Kier molecular flexibility index (Phi) is 3.15. The third-order valence-corrected chi connectivity index (χ3v) is 3.01. The molecule has 1 aliphatic heterocycles. The molecule has 20 heavy (non-hydrogen) atoms. The second-order valence-corrected chi connectivity index (χ2v) is 4.32. The van der Waals surface area contributed by atoms with E-state index in [1.165, 1.54) is 25.2 Å². The van der Waals surface area contributed by atoms with Crippen molar-refractivity contribution < 1.29 is 19.2 Å². The second kappa shape index (κ2) is 4.65. The van der Waals surface area contributed by atoms with Crippen molar-refractivity contribution in [1.29, 1.82) is 0 Å². The molecule has 1 saturated heterocycles. The molecule has 1 fully saturated rings. The highest BCUT2D eigenvalue weighted by molar-refractivity contribution is 6.44. The third-order valence-electron chi connectivity index (χ3n) is 3.01. The lowest BCUT2D eigenvalue weighted by Crippen LogP contribution is -2.31. The number of benzene rings is 1. The Bertz CT molecular complexity index is 640. The van der Waals surface area contributed by atoms with Gasteiger partial charge in [0.25, 0.3) is 0 Å². The van der Waals surface area contributed by atoms with Gasteiger partial charge in [-0.15, -0.1) is 0 Å². The summed E-state index contributed by atoms with van der Waals surface area (Å²) >= 11 is 0. The van der Waals surface area contributed by atoms with Crippen LogP contribution in [0.4, 0.5) is 10.5 Å². The molecule has 1 aromatic carbocycles. The number of carbonyl (C=O) groups excluding carboxylic acids is 4. The number of hydrogen-bond acceptors (Lipinski definition) is 5. The predicted octanol–water partition coefficient (Wildman–Crippen LogP) is -0.712. The Morgan fingerprint density at radius 3 is 2.30 bits per heavy atom. The molecule has 1 aliphatic rings. The summed E-state index contributed by atoms with van der Waals surface area (Å²) in [6, 6.07) is 3.57. The first-order valence-electron chi connectivity index (χ1n) is 5.64. The van der Waals surface area contributed by atoms with Gasteiger partial charge in [-0.2, -0.15) is 0 Å². The average Bonchev–Trinajstić information content (AvgIpc) is 2.58.